The molecule has 5 rings (SSSR count). The van der Waals surface area contributed by atoms with E-state index in [0.717, 1.165) is 10.6 Å². The van der Waals surface area contributed by atoms with Crippen molar-refractivity contribution in [1.82, 2.24) is 24.8 Å². The molecule has 3 aromatic heterocycles. The Hall–Kier alpha value is -4.19. The zero-order valence-corrected chi connectivity index (χ0v) is 20.1. The lowest BCUT2D eigenvalue weighted by Gasteiger charge is -2.35. The van der Waals surface area contributed by atoms with Gasteiger partial charge in [-0.3, -0.25) is 5.32 Å². The number of amides is 2. The fraction of sp³-hybridized carbons (Fsp3) is 0.261. The van der Waals surface area contributed by atoms with Crippen LogP contribution in [0.5, 0.6) is 11.5 Å². The normalized spacial score (nSPS) is 13.7. The molecule has 3 N–H and O–H groups in total. The van der Waals surface area contributed by atoms with Crippen LogP contribution in [-0.2, 0) is 0 Å². The second-order valence-electron chi connectivity index (χ2n) is 7.78. The molecule has 0 spiro atoms. The van der Waals surface area contributed by atoms with E-state index in [1.54, 1.807) is 25.3 Å². The molecule has 4 aromatic rings. The van der Waals surface area contributed by atoms with E-state index in [1.807, 2.05) is 35.7 Å². The molecule has 0 unspecified atom stereocenters. The van der Waals surface area contributed by atoms with Crippen LogP contribution in [0.1, 0.15) is 0 Å². The monoisotopic (exact) mass is 492 g/mol. The number of benzene rings is 1. The van der Waals surface area contributed by atoms with Gasteiger partial charge in [-0.1, -0.05) is 0 Å². The zero-order valence-electron chi connectivity index (χ0n) is 19.3. The van der Waals surface area contributed by atoms with E-state index in [-0.39, 0.29) is 12.0 Å². The predicted octanol–water partition coefficient (Wildman–Crippen LogP) is 3.10. The standard InChI is InChI=1S/C23H24N8O3S/c1-33-16-6-5-14(12-17(16)34-2)15-13-25-20-19(26-15)21(29-22(24)28-20)30-7-9-31(10-8-30)23(32)27-18-4-3-11-35-18/h3-6,11-13H,7-10H2,1-2H3,(H,27,32)(H2,24,25,28,29). The molecule has 0 aliphatic carbocycles. The third kappa shape index (κ3) is 4.60. The smallest absolute Gasteiger partial charge is 0.322 e. The van der Waals surface area contributed by atoms with Crippen LogP contribution in [0.2, 0.25) is 0 Å². The number of hydrogen-bond donors (Lipinski definition) is 2. The van der Waals surface area contributed by atoms with E-state index < -0.39 is 0 Å². The Morgan fingerprint density at radius 2 is 1.86 bits per heavy atom. The highest BCUT2D eigenvalue weighted by atomic mass is 32.1. The first-order valence-corrected chi connectivity index (χ1v) is 11.8. The number of carbonyl (C=O) groups excluding carboxylic acids is 1. The van der Waals surface area contributed by atoms with Crippen molar-refractivity contribution in [3.63, 3.8) is 0 Å². The molecule has 0 atom stereocenters. The summed E-state index contributed by atoms with van der Waals surface area (Å²) in [6, 6.07) is 9.22. The summed E-state index contributed by atoms with van der Waals surface area (Å²) in [7, 11) is 3.18. The molecule has 35 heavy (non-hydrogen) atoms. The van der Waals surface area contributed by atoms with E-state index in [0.29, 0.717) is 60.4 Å². The van der Waals surface area contributed by atoms with Crippen LogP contribution in [0.25, 0.3) is 22.4 Å². The van der Waals surface area contributed by atoms with Crippen LogP contribution in [0.3, 0.4) is 0 Å². The van der Waals surface area contributed by atoms with Crippen molar-refractivity contribution in [3.05, 3.63) is 41.9 Å². The maximum absolute atomic E-state index is 12.6. The maximum Gasteiger partial charge on any atom is 0.322 e. The van der Waals surface area contributed by atoms with Gasteiger partial charge in [0.1, 0.15) is 0 Å². The van der Waals surface area contributed by atoms with E-state index in [1.165, 1.54) is 11.3 Å². The van der Waals surface area contributed by atoms with Crippen molar-refractivity contribution in [1.29, 1.82) is 0 Å². The van der Waals surface area contributed by atoms with Crippen molar-refractivity contribution in [2.24, 2.45) is 0 Å². The number of fused-ring (bicyclic) bond motifs is 1. The van der Waals surface area contributed by atoms with Gasteiger partial charge in [-0.15, -0.1) is 11.3 Å². The van der Waals surface area contributed by atoms with Crippen molar-refractivity contribution in [3.8, 4) is 22.8 Å². The molecule has 1 saturated heterocycles. The Morgan fingerprint density at radius 1 is 1.06 bits per heavy atom. The minimum Gasteiger partial charge on any atom is -0.493 e. The van der Waals surface area contributed by atoms with Gasteiger partial charge >= 0.3 is 6.03 Å². The van der Waals surface area contributed by atoms with Crippen LogP contribution in [0.15, 0.2) is 41.9 Å². The fourth-order valence-corrected chi connectivity index (χ4v) is 4.53. The molecule has 4 heterocycles. The number of nitrogens with zero attached hydrogens (tertiary/aromatic N) is 6. The molecule has 1 aliphatic rings. The number of carbonyl (C=O) groups is 1. The summed E-state index contributed by atoms with van der Waals surface area (Å²) in [6.07, 6.45) is 1.65. The molecule has 2 amide bonds. The van der Waals surface area contributed by atoms with Crippen LogP contribution in [0.4, 0.5) is 21.6 Å². The highest BCUT2D eigenvalue weighted by Crippen LogP contribution is 2.33. The number of urea groups is 1. The topological polar surface area (TPSA) is 132 Å². The Kier molecular flexibility index (Phi) is 6.19. The molecule has 1 aliphatic heterocycles. The molecule has 1 fully saturated rings. The molecule has 0 radical (unpaired) electrons. The van der Waals surface area contributed by atoms with Gasteiger partial charge in [-0.05, 0) is 35.7 Å². The number of anilines is 3. The van der Waals surface area contributed by atoms with Crippen LogP contribution < -0.4 is 25.4 Å². The molecular weight excluding hydrogens is 468 g/mol. The Morgan fingerprint density at radius 3 is 2.57 bits per heavy atom. The molecular formula is C23H24N8O3S. The average Bonchev–Trinajstić information content (AvgIpc) is 3.40. The summed E-state index contributed by atoms with van der Waals surface area (Å²) < 4.78 is 10.8. The lowest BCUT2D eigenvalue weighted by Crippen LogP contribution is -2.50. The number of thiophene rings is 1. The first kappa shape index (κ1) is 22.6. The van der Waals surface area contributed by atoms with Crippen LogP contribution in [0, 0.1) is 0 Å². The molecule has 12 heteroatoms. The van der Waals surface area contributed by atoms with Gasteiger partial charge in [0.05, 0.1) is 31.1 Å². The highest BCUT2D eigenvalue weighted by Gasteiger charge is 2.25. The number of nitrogens with two attached hydrogens (primary N) is 1. The van der Waals surface area contributed by atoms with E-state index in [4.69, 9.17) is 20.2 Å². The maximum atomic E-state index is 12.6. The van der Waals surface area contributed by atoms with E-state index in [9.17, 15) is 4.79 Å². The number of nitrogen functional groups attached to an aromatic ring is 1. The quantitative estimate of drug-likeness (QED) is 0.431. The second kappa shape index (κ2) is 9.58. The molecule has 0 saturated carbocycles. The van der Waals surface area contributed by atoms with Crippen LogP contribution in [-0.4, -0.2) is 71.3 Å². The molecule has 11 nitrogen and oxygen atoms in total. The predicted molar refractivity (Wildman–Crippen MR) is 135 cm³/mol. The van der Waals surface area contributed by atoms with E-state index >= 15 is 0 Å². The van der Waals surface area contributed by atoms with Gasteiger partial charge in [0.15, 0.2) is 28.5 Å². The van der Waals surface area contributed by atoms with Gasteiger partial charge < -0.3 is 25.0 Å². The molecule has 180 valence electrons. The van der Waals surface area contributed by atoms with Crippen molar-refractivity contribution in [2.45, 2.75) is 0 Å². The number of ether oxygens (including phenoxy) is 2. The lowest BCUT2D eigenvalue weighted by atomic mass is 10.1. The van der Waals surface area contributed by atoms with Gasteiger partial charge in [-0.2, -0.15) is 9.97 Å². The number of hydrogen-bond acceptors (Lipinski definition) is 10. The number of rotatable bonds is 5. The van der Waals surface area contributed by atoms with Crippen molar-refractivity contribution < 1.29 is 14.3 Å². The largest absolute Gasteiger partial charge is 0.493 e. The number of aromatic nitrogens is 4. The molecule has 0 bridgehead atoms. The summed E-state index contributed by atoms with van der Waals surface area (Å²) in [5.41, 5.74) is 8.39. The zero-order chi connectivity index (χ0) is 24.4. The van der Waals surface area contributed by atoms with Gasteiger partial charge in [-0.25, -0.2) is 14.8 Å². The number of piperazine rings is 1. The summed E-state index contributed by atoms with van der Waals surface area (Å²) in [5, 5.41) is 5.68. The fourth-order valence-electron chi connectivity index (χ4n) is 3.92. The third-order valence-corrected chi connectivity index (χ3v) is 6.49. The minimum atomic E-state index is -0.116. The third-order valence-electron chi connectivity index (χ3n) is 5.70. The second-order valence-corrected chi connectivity index (χ2v) is 8.73. The average molecular weight is 493 g/mol. The Labute approximate surface area is 205 Å². The minimum absolute atomic E-state index is 0.116. The summed E-state index contributed by atoms with van der Waals surface area (Å²) in [6.45, 7) is 2.22. The highest BCUT2D eigenvalue weighted by molar-refractivity contribution is 7.14. The lowest BCUT2D eigenvalue weighted by molar-refractivity contribution is 0.208. The number of nitrogens with one attached hydrogen (secondary N) is 1. The summed E-state index contributed by atoms with van der Waals surface area (Å²) in [5.74, 6) is 1.94. The Bertz CT molecular complexity index is 1360. The first-order chi connectivity index (χ1) is 17.1. The van der Waals surface area contributed by atoms with Gasteiger partial charge in [0.25, 0.3) is 0 Å². The summed E-state index contributed by atoms with van der Waals surface area (Å²) >= 11 is 1.49. The Balaban J connectivity index is 1.41. The van der Waals surface area contributed by atoms with Crippen LogP contribution >= 0.6 is 11.3 Å². The SMILES string of the molecule is COc1ccc(-c2cnc3nc(N)nc(N4CCN(C(=O)Nc5cccs5)CC4)c3n2)cc1OC. The number of methoxy groups -OCH3 is 2. The van der Waals surface area contributed by atoms with Gasteiger partial charge in [0.2, 0.25) is 5.95 Å². The van der Waals surface area contributed by atoms with Gasteiger partial charge in [0, 0.05) is 31.7 Å². The van der Waals surface area contributed by atoms with Crippen molar-refractivity contribution in [2.75, 3.05) is 56.3 Å². The van der Waals surface area contributed by atoms with E-state index in [2.05, 4.69) is 25.2 Å². The van der Waals surface area contributed by atoms with Crippen molar-refractivity contribution >= 4 is 45.3 Å². The first-order valence-electron chi connectivity index (χ1n) is 10.9. The summed E-state index contributed by atoms with van der Waals surface area (Å²) in [4.78, 5) is 34.5. The molecule has 1 aromatic carbocycles.